The number of aromatic nitrogens is 2. The summed E-state index contributed by atoms with van der Waals surface area (Å²) in [5.74, 6) is 0.161. The summed E-state index contributed by atoms with van der Waals surface area (Å²) in [5.41, 5.74) is 15.1. The number of allylic oxidation sites excluding steroid dienone is 3. The molecule has 2 N–H and O–H groups in total. The first-order valence-electron chi connectivity index (χ1n) is 9.77. The predicted molar refractivity (Wildman–Crippen MR) is 127 cm³/mol. The van der Waals surface area contributed by atoms with Gasteiger partial charge in [-0.1, -0.05) is 15.9 Å². The Morgan fingerprint density at radius 3 is 2.35 bits per heavy atom. The largest absolute Gasteiger partial charge is 0.383 e. The third-order valence-corrected chi connectivity index (χ3v) is 6.37. The molecule has 5 nitrogen and oxygen atoms in total. The number of halogens is 1. The van der Waals surface area contributed by atoms with E-state index >= 15 is 0 Å². The van der Waals surface area contributed by atoms with Crippen LogP contribution in [-0.4, -0.2) is 9.55 Å². The van der Waals surface area contributed by atoms with Crippen LogP contribution in [0.3, 0.4) is 0 Å². The highest BCUT2D eigenvalue weighted by molar-refractivity contribution is 9.10. The standard InChI is InChI=1S/C25H20BrN5/c1-13-9-17(16(4)31(13)19-7-5-18(26)6-8-19)10-20-14(2)21(11-27)24-23(20)15(3)22(12-28)25(29)30-24/h5-10H,1-4H3,(H2,29,30)/b20-10+. The summed E-state index contributed by atoms with van der Waals surface area (Å²) in [6.07, 6.45) is 2.09. The van der Waals surface area contributed by atoms with Gasteiger partial charge in [-0.15, -0.1) is 0 Å². The van der Waals surface area contributed by atoms with E-state index < -0.39 is 0 Å². The van der Waals surface area contributed by atoms with Crippen LogP contribution in [0.25, 0.3) is 22.9 Å². The topological polar surface area (TPSA) is 91.4 Å². The van der Waals surface area contributed by atoms with Crippen molar-refractivity contribution >= 4 is 39.0 Å². The second kappa shape index (κ2) is 7.58. The number of fused-ring (bicyclic) bond motifs is 1. The number of hydrogen-bond donors (Lipinski definition) is 1. The van der Waals surface area contributed by atoms with Crippen molar-refractivity contribution < 1.29 is 0 Å². The summed E-state index contributed by atoms with van der Waals surface area (Å²) < 4.78 is 3.23. The Bertz CT molecular complexity index is 1390. The highest BCUT2D eigenvalue weighted by Crippen LogP contribution is 2.44. The molecule has 3 aromatic rings. The van der Waals surface area contributed by atoms with Crippen molar-refractivity contribution in [2.45, 2.75) is 27.7 Å². The van der Waals surface area contributed by atoms with Crippen molar-refractivity contribution in [3.8, 4) is 17.8 Å². The average molecular weight is 470 g/mol. The third kappa shape index (κ3) is 3.17. The Hall–Kier alpha value is -3.61. The molecule has 31 heavy (non-hydrogen) atoms. The molecule has 2 aromatic heterocycles. The van der Waals surface area contributed by atoms with Crippen LogP contribution in [0.15, 0.2) is 40.4 Å². The summed E-state index contributed by atoms with van der Waals surface area (Å²) >= 11 is 3.49. The zero-order valence-electron chi connectivity index (χ0n) is 17.7. The summed E-state index contributed by atoms with van der Waals surface area (Å²) in [7, 11) is 0. The fraction of sp³-hybridized carbons (Fsp3) is 0.160. The van der Waals surface area contributed by atoms with Crippen LogP contribution < -0.4 is 5.73 Å². The number of pyridine rings is 1. The molecule has 0 saturated heterocycles. The van der Waals surface area contributed by atoms with Crippen LogP contribution in [0.5, 0.6) is 0 Å². The summed E-state index contributed by atoms with van der Waals surface area (Å²) in [6, 6.07) is 14.7. The van der Waals surface area contributed by atoms with Crippen LogP contribution in [0, 0.1) is 43.4 Å². The normalized spacial score (nSPS) is 14.0. The molecule has 0 spiro atoms. The minimum Gasteiger partial charge on any atom is -0.383 e. The van der Waals surface area contributed by atoms with Gasteiger partial charge in [0.05, 0.1) is 16.8 Å². The number of hydrogen-bond acceptors (Lipinski definition) is 4. The fourth-order valence-electron chi connectivity index (χ4n) is 4.27. The number of nitrogens with zero attached hydrogens (tertiary/aromatic N) is 4. The zero-order chi connectivity index (χ0) is 22.4. The molecule has 0 fully saturated rings. The lowest BCUT2D eigenvalue weighted by Gasteiger charge is -2.12. The van der Waals surface area contributed by atoms with E-state index in [0.717, 1.165) is 49.4 Å². The second-order valence-electron chi connectivity index (χ2n) is 7.64. The molecule has 0 saturated carbocycles. The van der Waals surface area contributed by atoms with Crippen LogP contribution in [0.4, 0.5) is 5.82 Å². The average Bonchev–Trinajstić information content (AvgIpc) is 3.16. The molecule has 1 aliphatic rings. The molecule has 6 heteroatoms. The van der Waals surface area contributed by atoms with Crippen LogP contribution >= 0.6 is 15.9 Å². The molecular formula is C25H20BrN5. The molecule has 0 radical (unpaired) electrons. The number of aryl methyl sites for hydroxylation is 1. The molecule has 1 aromatic carbocycles. The maximum absolute atomic E-state index is 9.76. The lowest BCUT2D eigenvalue weighted by molar-refractivity contribution is 0.964. The minimum atomic E-state index is 0.161. The van der Waals surface area contributed by atoms with Crippen molar-refractivity contribution in [2.24, 2.45) is 0 Å². The SMILES string of the molecule is CC1=C(C#N)c2nc(N)c(C#N)c(C)c2/C1=C/c1cc(C)n(-c2ccc(Br)cc2)c1C. The molecular weight excluding hydrogens is 450 g/mol. The molecule has 0 unspecified atom stereocenters. The third-order valence-electron chi connectivity index (χ3n) is 5.84. The molecule has 4 rings (SSSR count). The Kier molecular flexibility index (Phi) is 5.05. The number of nitrogens with two attached hydrogens (primary N) is 1. The summed E-state index contributed by atoms with van der Waals surface area (Å²) in [5, 5.41) is 19.3. The van der Waals surface area contributed by atoms with Gasteiger partial charge in [0, 0.05) is 27.1 Å². The van der Waals surface area contributed by atoms with Gasteiger partial charge in [-0.2, -0.15) is 10.5 Å². The lowest BCUT2D eigenvalue weighted by atomic mass is 9.95. The van der Waals surface area contributed by atoms with Crippen molar-refractivity contribution in [3.63, 3.8) is 0 Å². The van der Waals surface area contributed by atoms with Crippen LogP contribution in [-0.2, 0) is 0 Å². The number of nitrogen functional groups attached to an aromatic ring is 1. The summed E-state index contributed by atoms with van der Waals surface area (Å²) in [4.78, 5) is 4.41. The van der Waals surface area contributed by atoms with E-state index in [2.05, 4.69) is 75.7 Å². The fourth-order valence-corrected chi connectivity index (χ4v) is 4.54. The quantitative estimate of drug-likeness (QED) is 0.508. The van der Waals surface area contributed by atoms with E-state index in [1.807, 2.05) is 26.0 Å². The first-order valence-corrected chi connectivity index (χ1v) is 10.6. The number of anilines is 1. The first-order chi connectivity index (χ1) is 14.8. The Morgan fingerprint density at radius 2 is 1.74 bits per heavy atom. The van der Waals surface area contributed by atoms with Gasteiger partial charge < -0.3 is 10.3 Å². The summed E-state index contributed by atoms with van der Waals surface area (Å²) in [6.45, 7) is 7.93. The second-order valence-corrected chi connectivity index (χ2v) is 8.56. The number of benzene rings is 1. The van der Waals surface area contributed by atoms with E-state index in [1.165, 1.54) is 0 Å². The maximum Gasteiger partial charge on any atom is 0.142 e. The van der Waals surface area contributed by atoms with E-state index in [1.54, 1.807) is 0 Å². The van der Waals surface area contributed by atoms with Gasteiger partial charge in [-0.3, -0.25) is 0 Å². The number of rotatable bonds is 2. The lowest BCUT2D eigenvalue weighted by Crippen LogP contribution is -2.03. The van der Waals surface area contributed by atoms with Gasteiger partial charge in [0.1, 0.15) is 18.0 Å². The molecule has 0 atom stereocenters. The van der Waals surface area contributed by atoms with Gasteiger partial charge in [0.25, 0.3) is 0 Å². The van der Waals surface area contributed by atoms with E-state index in [-0.39, 0.29) is 5.82 Å². The molecule has 0 bridgehead atoms. The van der Waals surface area contributed by atoms with Crippen LogP contribution in [0.1, 0.15) is 46.3 Å². The van der Waals surface area contributed by atoms with Crippen molar-refractivity contribution in [1.82, 2.24) is 9.55 Å². The van der Waals surface area contributed by atoms with Gasteiger partial charge >= 0.3 is 0 Å². The van der Waals surface area contributed by atoms with Gasteiger partial charge in [-0.05, 0) is 86.4 Å². The van der Waals surface area contributed by atoms with E-state index in [9.17, 15) is 10.5 Å². The molecule has 2 heterocycles. The van der Waals surface area contributed by atoms with Gasteiger partial charge in [0.2, 0.25) is 0 Å². The van der Waals surface area contributed by atoms with Gasteiger partial charge in [-0.25, -0.2) is 4.98 Å². The molecule has 0 amide bonds. The number of nitriles is 2. The first kappa shape index (κ1) is 20.7. The zero-order valence-corrected chi connectivity index (χ0v) is 19.3. The molecule has 1 aliphatic carbocycles. The van der Waals surface area contributed by atoms with Crippen LogP contribution in [0.2, 0.25) is 0 Å². The van der Waals surface area contributed by atoms with E-state index in [4.69, 9.17) is 5.73 Å². The van der Waals surface area contributed by atoms with Gasteiger partial charge in [0.15, 0.2) is 0 Å². The van der Waals surface area contributed by atoms with E-state index in [0.29, 0.717) is 16.8 Å². The minimum absolute atomic E-state index is 0.161. The highest BCUT2D eigenvalue weighted by Gasteiger charge is 2.30. The molecule has 152 valence electrons. The van der Waals surface area contributed by atoms with Crippen molar-refractivity contribution in [3.05, 3.63) is 79.7 Å². The predicted octanol–water partition coefficient (Wildman–Crippen LogP) is 5.87. The smallest absolute Gasteiger partial charge is 0.142 e. The monoisotopic (exact) mass is 469 g/mol. The Morgan fingerprint density at radius 1 is 1.06 bits per heavy atom. The Labute approximate surface area is 189 Å². The highest BCUT2D eigenvalue weighted by atomic mass is 79.9. The van der Waals surface area contributed by atoms with Crippen molar-refractivity contribution in [1.29, 1.82) is 10.5 Å². The Balaban J connectivity index is 1.95. The molecule has 0 aliphatic heterocycles. The maximum atomic E-state index is 9.76. The van der Waals surface area contributed by atoms with Crippen molar-refractivity contribution in [2.75, 3.05) is 5.73 Å².